The van der Waals surface area contributed by atoms with Crippen molar-refractivity contribution in [3.05, 3.63) is 0 Å². The summed E-state index contributed by atoms with van der Waals surface area (Å²) in [5.74, 6) is 0.0768. The molecular formula is C11H24ClN3O3S. The van der Waals surface area contributed by atoms with Gasteiger partial charge in [-0.1, -0.05) is 6.42 Å². The van der Waals surface area contributed by atoms with Crippen LogP contribution in [0.25, 0.3) is 0 Å². The van der Waals surface area contributed by atoms with Gasteiger partial charge in [0.15, 0.2) is 0 Å². The predicted molar refractivity (Wildman–Crippen MR) is 77.7 cm³/mol. The molecule has 0 aliphatic heterocycles. The van der Waals surface area contributed by atoms with Gasteiger partial charge in [0, 0.05) is 13.1 Å². The molecule has 0 spiro atoms. The van der Waals surface area contributed by atoms with Crippen LogP contribution in [0.2, 0.25) is 0 Å². The Labute approximate surface area is 121 Å². The molecule has 1 aliphatic carbocycles. The Morgan fingerprint density at radius 3 is 2.58 bits per heavy atom. The molecule has 114 valence electrons. The molecule has 2 atom stereocenters. The van der Waals surface area contributed by atoms with Crippen LogP contribution in [0.5, 0.6) is 0 Å². The van der Waals surface area contributed by atoms with Crippen molar-refractivity contribution in [2.24, 2.45) is 11.7 Å². The van der Waals surface area contributed by atoms with Crippen molar-refractivity contribution >= 4 is 28.3 Å². The Morgan fingerprint density at radius 2 is 2.05 bits per heavy atom. The van der Waals surface area contributed by atoms with Gasteiger partial charge in [-0.05, 0) is 32.2 Å². The first-order valence-corrected chi connectivity index (χ1v) is 7.95. The van der Waals surface area contributed by atoms with Gasteiger partial charge >= 0.3 is 0 Å². The fourth-order valence-corrected chi connectivity index (χ4v) is 3.04. The number of nitrogens with zero attached hydrogens (tertiary/aromatic N) is 1. The summed E-state index contributed by atoms with van der Waals surface area (Å²) in [7, 11) is -1.87. The third-order valence-electron chi connectivity index (χ3n) is 3.51. The minimum absolute atomic E-state index is 0. The number of amides is 1. The summed E-state index contributed by atoms with van der Waals surface area (Å²) in [5.41, 5.74) is 5.63. The van der Waals surface area contributed by atoms with E-state index in [-0.39, 0.29) is 36.7 Å². The Hall–Kier alpha value is -0.370. The molecule has 0 heterocycles. The number of halogens is 1. The minimum Gasteiger partial charge on any atom is -0.352 e. The number of hydrogen-bond donors (Lipinski definition) is 2. The average Bonchev–Trinajstić information content (AvgIpc) is 2.75. The summed E-state index contributed by atoms with van der Waals surface area (Å²) in [6, 6.07) is 0.0974. The third kappa shape index (κ3) is 5.25. The van der Waals surface area contributed by atoms with E-state index >= 15 is 0 Å². The topological polar surface area (TPSA) is 92.5 Å². The fourth-order valence-electron chi connectivity index (χ4n) is 2.28. The van der Waals surface area contributed by atoms with Gasteiger partial charge in [-0.15, -0.1) is 12.4 Å². The summed E-state index contributed by atoms with van der Waals surface area (Å²) in [6.45, 7) is 2.00. The van der Waals surface area contributed by atoms with Crippen molar-refractivity contribution in [3.63, 3.8) is 0 Å². The Bertz CT molecular complexity index is 389. The van der Waals surface area contributed by atoms with Gasteiger partial charge in [0.25, 0.3) is 0 Å². The number of carbonyl (C=O) groups is 1. The molecule has 0 aromatic heterocycles. The highest BCUT2D eigenvalue weighted by atomic mass is 35.5. The van der Waals surface area contributed by atoms with Crippen LogP contribution in [-0.2, 0) is 14.8 Å². The molecule has 19 heavy (non-hydrogen) atoms. The zero-order valence-corrected chi connectivity index (χ0v) is 13.1. The van der Waals surface area contributed by atoms with Crippen molar-refractivity contribution < 1.29 is 13.2 Å². The number of hydrogen-bond acceptors (Lipinski definition) is 4. The molecular weight excluding hydrogens is 290 g/mol. The molecule has 3 N–H and O–H groups in total. The Morgan fingerprint density at radius 1 is 1.42 bits per heavy atom. The first kappa shape index (κ1) is 18.6. The molecule has 0 saturated heterocycles. The number of nitrogens with one attached hydrogen (secondary N) is 1. The highest BCUT2D eigenvalue weighted by Crippen LogP contribution is 2.24. The molecule has 8 heteroatoms. The van der Waals surface area contributed by atoms with Gasteiger partial charge in [0.2, 0.25) is 15.9 Å². The van der Waals surface area contributed by atoms with E-state index in [0.717, 1.165) is 23.6 Å². The zero-order chi connectivity index (χ0) is 13.8. The maximum absolute atomic E-state index is 11.8. The van der Waals surface area contributed by atoms with E-state index < -0.39 is 10.0 Å². The Kier molecular flexibility index (Phi) is 7.88. The van der Waals surface area contributed by atoms with E-state index in [2.05, 4.69) is 5.32 Å². The van der Waals surface area contributed by atoms with E-state index in [1.807, 2.05) is 0 Å². The summed E-state index contributed by atoms with van der Waals surface area (Å²) >= 11 is 0. The molecule has 0 radical (unpaired) electrons. The molecule has 2 unspecified atom stereocenters. The first-order valence-electron chi connectivity index (χ1n) is 6.34. The SMILES string of the molecule is CCS(=O)(=O)N(C)CC(=O)NC1CCCC1CN.Cl. The van der Waals surface area contributed by atoms with Crippen molar-refractivity contribution in [2.75, 3.05) is 25.9 Å². The van der Waals surface area contributed by atoms with E-state index in [1.54, 1.807) is 6.92 Å². The predicted octanol–water partition coefficient (Wildman–Crippen LogP) is -0.0667. The van der Waals surface area contributed by atoms with Crippen LogP contribution in [0.3, 0.4) is 0 Å². The van der Waals surface area contributed by atoms with Crippen molar-refractivity contribution in [3.8, 4) is 0 Å². The van der Waals surface area contributed by atoms with E-state index in [0.29, 0.717) is 12.5 Å². The third-order valence-corrected chi connectivity index (χ3v) is 5.32. The fraction of sp³-hybridized carbons (Fsp3) is 0.909. The summed E-state index contributed by atoms with van der Waals surface area (Å²) in [6.07, 6.45) is 3.03. The minimum atomic E-state index is -3.30. The van der Waals surface area contributed by atoms with Crippen LogP contribution in [0.15, 0.2) is 0 Å². The first-order chi connectivity index (χ1) is 8.40. The molecule has 0 aromatic carbocycles. The molecule has 1 amide bonds. The lowest BCUT2D eigenvalue weighted by atomic mass is 10.0. The average molecular weight is 314 g/mol. The standard InChI is InChI=1S/C11H23N3O3S.ClH/c1-3-18(16,17)14(2)8-11(15)13-10-6-4-5-9(10)7-12;/h9-10H,3-8,12H2,1-2H3,(H,13,15);1H. The van der Waals surface area contributed by atoms with Crippen LogP contribution in [0.1, 0.15) is 26.2 Å². The van der Waals surface area contributed by atoms with Crippen LogP contribution < -0.4 is 11.1 Å². The summed E-state index contributed by atoms with van der Waals surface area (Å²) in [5, 5.41) is 2.88. The van der Waals surface area contributed by atoms with Gasteiger partial charge in [-0.3, -0.25) is 4.79 Å². The Balaban J connectivity index is 0.00000324. The number of likely N-dealkylation sites (N-methyl/N-ethyl adjacent to an activating group) is 1. The molecule has 0 bridgehead atoms. The van der Waals surface area contributed by atoms with Crippen LogP contribution >= 0.6 is 12.4 Å². The zero-order valence-electron chi connectivity index (χ0n) is 11.5. The summed E-state index contributed by atoms with van der Waals surface area (Å²) in [4.78, 5) is 11.8. The lowest BCUT2D eigenvalue weighted by molar-refractivity contribution is -0.122. The maximum atomic E-state index is 11.8. The molecule has 0 aromatic rings. The van der Waals surface area contributed by atoms with Gasteiger partial charge in [-0.2, -0.15) is 4.31 Å². The maximum Gasteiger partial charge on any atom is 0.235 e. The van der Waals surface area contributed by atoms with Crippen molar-refractivity contribution in [1.29, 1.82) is 0 Å². The van der Waals surface area contributed by atoms with Gasteiger partial charge in [-0.25, -0.2) is 8.42 Å². The molecule has 1 rings (SSSR count). The lowest BCUT2D eigenvalue weighted by Crippen LogP contribution is -2.45. The normalized spacial score (nSPS) is 23.2. The second-order valence-corrected chi connectivity index (χ2v) is 7.12. The van der Waals surface area contributed by atoms with Crippen molar-refractivity contribution in [2.45, 2.75) is 32.2 Å². The van der Waals surface area contributed by atoms with Gasteiger partial charge in [0.05, 0.1) is 12.3 Å². The van der Waals surface area contributed by atoms with Crippen LogP contribution in [0.4, 0.5) is 0 Å². The number of carbonyl (C=O) groups excluding carboxylic acids is 1. The number of rotatable bonds is 6. The quantitative estimate of drug-likeness (QED) is 0.718. The molecule has 1 fully saturated rings. The second kappa shape index (κ2) is 8.04. The molecule has 6 nitrogen and oxygen atoms in total. The highest BCUT2D eigenvalue weighted by Gasteiger charge is 2.28. The van der Waals surface area contributed by atoms with E-state index in [1.165, 1.54) is 7.05 Å². The van der Waals surface area contributed by atoms with Gasteiger partial charge < -0.3 is 11.1 Å². The van der Waals surface area contributed by atoms with Crippen molar-refractivity contribution in [1.82, 2.24) is 9.62 Å². The van der Waals surface area contributed by atoms with E-state index in [9.17, 15) is 13.2 Å². The van der Waals surface area contributed by atoms with E-state index in [4.69, 9.17) is 5.73 Å². The molecule has 1 saturated carbocycles. The lowest BCUT2D eigenvalue weighted by Gasteiger charge is -2.21. The smallest absolute Gasteiger partial charge is 0.235 e. The highest BCUT2D eigenvalue weighted by molar-refractivity contribution is 7.89. The largest absolute Gasteiger partial charge is 0.352 e. The summed E-state index contributed by atoms with van der Waals surface area (Å²) < 4.78 is 24.1. The monoisotopic (exact) mass is 313 g/mol. The number of nitrogens with two attached hydrogens (primary N) is 1. The number of sulfonamides is 1. The van der Waals surface area contributed by atoms with Crippen LogP contribution in [0, 0.1) is 5.92 Å². The van der Waals surface area contributed by atoms with Gasteiger partial charge in [0.1, 0.15) is 0 Å². The second-order valence-electron chi connectivity index (χ2n) is 4.76. The van der Waals surface area contributed by atoms with Crippen LogP contribution in [-0.4, -0.2) is 50.6 Å². The molecule has 1 aliphatic rings.